The lowest BCUT2D eigenvalue weighted by Gasteiger charge is -2.00. The first-order chi connectivity index (χ1) is 9.27. The minimum Gasteiger partial charge on any atom is -0.296 e. The molecular formula is C14H10ClN3O. The standard InChI is InChI=1S/C14H10ClN3O/c15-12-6-2-1-5-10(12)11-9-17-18(14(11)19)13-7-3-4-8-16-13/h1-9,17H. The molecule has 19 heavy (non-hydrogen) atoms. The Morgan fingerprint density at radius 3 is 2.58 bits per heavy atom. The first kappa shape index (κ1) is 11.7. The van der Waals surface area contributed by atoms with Crippen molar-refractivity contribution in [3.63, 3.8) is 0 Å². The maximum atomic E-state index is 12.4. The largest absolute Gasteiger partial charge is 0.296 e. The summed E-state index contributed by atoms with van der Waals surface area (Å²) in [7, 11) is 0. The summed E-state index contributed by atoms with van der Waals surface area (Å²) < 4.78 is 1.39. The summed E-state index contributed by atoms with van der Waals surface area (Å²) in [6.45, 7) is 0. The second-order valence-corrected chi connectivity index (χ2v) is 4.40. The Morgan fingerprint density at radius 2 is 1.84 bits per heavy atom. The fraction of sp³-hybridized carbons (Fsp3) is 0. The Morgan fingerprint density at radius 1 is 1.05 bits per heavy atom. The predicted octanol–water partition coefficient (Wildman–Crippen LogP) is 2.88. The third-order valence-corrected chi connectivity index (χ3v) is 3.14. The number of H-pyrrole nitrogens is 1. The molecule has 0 atom stereocenters. The average molecular weight is 272 g/mol. The van der Waals surface area contributed by atoms with E-state index in [-0.39, 0.29) is 5.56 Å². The van der Waals surface area contributed by atoms with Crippen LogP contribution >= 0.6 is 11.6 Å². The van der Waals surface area contributed by atoms with Crippen molar-refractivity contribution in [3.05, 3.63) is 70.2 Å². The third kappa shape index (κ3) is 2.06. The summed E-state index contributed by atoms with van der Waals surface area (Å²) in [6, 6.07) is 12.6. The highest BCUT2D eigenvalue weighted by Gasteiger charge is 2.12. The predicted molar refractivity (Wildman–Crippen MR) is 74.6 cm³/mol. The lowest BCUT2D eigenvalue weighted by molar-refractivity contribution is 0.819. The molecule has 94 valence electrons. The van der Waals surface area contributed by atoms with Crippen molar-refractivity contribution in [2.45, 2.75) is 0 Å². The molecule has 4 nitrogen and oxygen atoms in total. The van der Waals surface area contributed by atoms with Gasteiger partial charge in [-0.3, -0.25) is 9.89 Å². The second-order valence-electron chi connectivity index (χ2n) is 4.00. The molecule has 2 aromatic heterocycles. The quantitative estimate of drug-likeness (QED) is 0.779. The van der Waals surface area contributed by atoms with Gasteiger partial charge in [0.25, 0.3) is 5.56 Å². The van der Waals surface area contributed by atoms with Crippen molar-refractivity contribution in [1.82, 2.24) is 14.8 Å². The van der Waals surface area contributed by atoms with Gasteiger partial charge < -0.3 is 0 Å². The maximum absolute atomic E-state index is 12.4. The number of aromatic nitrogens is 3. The van der Waals surface area contributed by atoms with Gasteiger partial charge in [0, 0.05) is 23.0 Å². The van der Waals surface area contributed by atoms with E-state index in [1.54, 1.807) is 30.6 Å². The highest BCUT2D eigenvalue weighted by atomic mass is 35.5. The number of pyridine rings is 1. The molecule has 3 aromatic rings. The lowest BCUT2D eigenvalue weighted by atomic mass is 10.1. The second kappa shape index (κ2) is 4.74. The summed E-state index contributed by atoms with van der Waals surface area (Å²) >= 11 is 6.11. The Balaban J connectivity index is 2.15. The van der Waals surface area contributed by atoms with Crippen LogP contribution in [0.5, 0.6) is 0 Å². The van der Waals surface area contributed by atoms with E-state index in [9.17, 15) is 4.79 Å². The van der Waals surface area contributed by atoms with E-state index in [4.69, 9.17) is 11.6 Å². The van der Waals surface area contributed by atoms with Crippen molar-refractivity contribution >= 4 is 11.6 Å². The monoisotopic (exact) mass is 271 g/mol. The number of hydrogen-bond acceptors (Lipinski definition) is 2. The summed E-state index contributed by atoms with van der Waals surface area (Å²) in [5.74, 6) is 0.547. The van der Waals surface area contributed by atoms with Crippen LogP contribution in [0.25, 0.3) is 16.9 Å². The number of nitrogens with zero attached hydrogens (tertiary/aromatic N) is 2. The van der Waals surface area contributed by atoms with Gasteiger partial charge in [-0.25, -0.2) is 9.67 Å². The highest BCUT2D eigenvalue weighted by molar-refractivity contribution is 6.33. The van der Waals surface area contributed by atoms with Gasteiger partial charge in [0.15, 0.2) is 5.82 Å². The van der Waals surface area contributed by atoms with Crippen LogP contribution in [0.2, 0.25) is 5.02 Å². The first-order valence-electron chi connectivity index (χ1n) is 5.74. The lowest BCUT2D eigenvalue weighted by Crippen LogP contribution is -2.16. The highest BCUT2D eigenvalue weighted by Crippen LogP contribution is 2.24. The van der Waals surface area contributed by atoms with Crippen LogP contribution < -0.4 is 5.56 Å². The Kier molecular flexibility index (Phi) is 2.93. The van der Waals surface area contributed by atoms with Crippen molar-refractivity contribution in [1.29, 1.82) is 0 Å². The van der Waals surface area contributed by atoms with Gasteiger partial charge in [-0.05, 0) is 18.2 Å². The molecule has 3 rings (SSSR count). The third-order valence-electron chi connectivity index (χ3n) is 2.81. The van der Waals surface area contributed by atoms with E-state index in [1.165, 1.54) is 4.68 Å². The number of benzene rings is 1. The molecule has 5 heteroatoms. The number of hydrogen-bond donors (Lipinski definition) is 1. The Labute approximate surface area is 114 Å². The van der Waals surface area contributed by atoms with Crippen molar-refractivity contribution in [3.8, 4) is 16.9 Å². The smallest absolute Gasteiger partial charge is 0.280 e. The molecule has 0 saturated heterocycles. The number of nitrogens with one attached hydrogen (secondary N) is 1. The van der Waals surface area contributed by atoms with Gasteiger partial charge in [-0.1, -0.05) is 35.9 Å². The van der Waals surface area contributed by atoms with Gasteiger partial charge in [-0.15, -0.1) is 0 Å². The van der Waals surface area contributed by atoms with Gasteiger partial charge in [0.2, 0.25) is 0 Å². The van der Waals surface area contributed by atoms with Gasteiger partial charge >= 0.3 is 0 Å². The SMILES string of the molecule is O=c1c(-c2ccccc2Cl)c[nH]n1-c1ccccn1. The molecule has 0 radical (unpaired) electrons. The summed E-state index contributed by atoms with van der Waals surface area (Å²) in [4.78, 5) is 16.5. The number of halogens is 1. The minimum atomic E-state index is -0.174. The number of rotatable bonds is 2. The molecule has 0 saturated carbocycles. The fourth-order valence-electron chi connectivity index (χ4n) is 1.90. The zero-order valence-corrected chi connectivity index (χ0v) is 10.6. The molecule has 0 bridgehead atoms. The van der Waals surface area contributed by atoms with E-state index >= 15 is 0 Å². The van der Waals surface area contributed by atoms with Crippen LogP contribution in [0.4, 0.5) is 0 Å². The van der Waals surface area contributed by atoms with Crippen LogP contribution in [0.3, 0.4) is 0 Å². The van der Waals surface area contributed by atoms with Crippen LogP contribution in [-0.2, 0) is 0 Å². The van der Waals surface area contributed by atoms with Gasteiger partial charge in [0.1, 0.15) is 0 Å². The molecule has 0 fully saturated rings. The molecule has 0 aliphatic rings. The van der Waals surface area contributed by atoms with Crippen molar-refractivity contribution in [2.75, 3.05) is 0 Å². The molecule has 0 spiro atoms. The molecule has 0 unspecified atom stereocenters. The Hall–Kier alpha value is -2.33. The van der Waals surface area contributed by atoms with E-state index in [1.807, 2.05) is 24.3 Å². The van der Waals surface area contributed by atoms with E-state index < -0.39 is 0 Å². The Bertz CT molecular complexity index is 762. The van der Waals surface area contributed by atoms with Crippen LogP contribution in [0.1, 0.15) is 0 Å². The van der Waals surface area contributed by atoms with E-state index in [2.05, 4.69) is 10.1 Å². The summed E-state index contributed by atoms with van der Waals surface area (Å²) in [6.07, 6.45) is 3.27. The molecule has 1 N–H and O–H groups in total. The molecule has 0 aliphatic heterocycles. The van der Waals surface area contributed by atoms with E-state index in [0.29, 0.717) is 22.0 Å². The van der Waals surface area contributed by atoms with E-state index in [0.717, 1.165) is 0 Å². The summed E-state index contributed by atoms with van der Waals surface area (Å²) in [5, 5.41) is 3.45. The van der Waals surface area contributed by atoms with Crippen molar-refractivity contribution in [2.24, 2.45) is 0 Å². The maximum Gasteiger partial charge on any atom is 0.280 e. The number of aromatic amines is 1. The van der Waals surface area contributed by atoms with Crippen LogP contribution in [0.15, 0.2) is 59.7 Å². The summed E-state index contributed by atoms with van der Waals surface area (Å²) in [5.41, 5.74) is 1.06. The zero-order valence-electron chi connectivity index (χ0n) is 9.88. The van der Waals surface area contributed by atoms with Crippen LogP contribution in [-0.4, -0.2) is 14.8 Å². The zero-order chi connectivity index (χ0) is 13.2. The van der Waals surface area contributed by atoms with Crippen molar-refractivity contribution < 1.29 is 0 Å². The minimum absolute atomic E-state index is 0.174. The fourth-order valence-corrected chi connectivity index (χ4v) is 2.14. The topological polar surface area (TPSA) is 50.7 Å². The van der Waals surface area contributed by atoms with Gasteiger partial charge in [-0.2, -0.15) is 0 Å². The molecule has 0 aliphatic carbocycles. The first-order valence-corrected chi connectivity index (χ1v) is 6.12. The molecular weight excluding hydrogens is 262 g/mol. The molecule has 1 aromatic carbocycles. The van der Waals surface area contributed by atoms with Gasteiger partial charge in [0.05, 0.1) is 5.56 Å². The normalized spacial score (nSPS) is 10.6. The molecule has 2 heterocycles. The van der Waals surface area contributed by atoms with Crippen LogP contribution in [0, 0.1) is 0 Å². The molecule has 0 amide bonds. The average Bonchev–Trinajstić information content (AvgIpc) is 2.82.